The fourth-order valence-electron chi connectivity index (χ4n) is 3.45. The molecule has 4 rings (SSSR count). The lowest BCUT2D eigenvalue weighted by molar-refractivity contribution is 0.0997. The smallest absolute Gasteiger partial charge is 0.291 e. The molecule has 0 bridgehead atoms. The number of hydrogen-bond donors (Lipinski definition) is 1. The molecule has 1 N–H and O–H groups in total. The summed E-state index contributed by atoms with van der Waals surface area (Å²) >= 11 is 1.64. The minimum Gasteiger partial charge on any atom is -0.459 e. The first kappa shape index (κ1) is 17.1. The van der Waals surface area contributed by atoms with Crippen molar-refractivity contribution >= 4 is 22.2 Å². The van der Waals surface area contributed by atoms with E-state index in [1.807, 2.05) is 0 Å². The number of thiophene rings is 1. The van der Waals surface area contributed by atoms with Gasteiger partial charge in [-0.05, 0) is 49.1 Å². The normalized spacial score (nSPS) is 14.2. The van der Waals surface area contributed by atoms with Crippen molar-refractivity contribution in [3.05, 3.63) is 75.6 Å². The summed E-state index contributed by atoms with van der Waals surface area (Å²) in [7, 11) is 0. The zero-order valence-electron chi connectivity index (χ0n) is 15.0. The van der Waals surface area contributed by atoms with Crippen molar-refractivity contribution in [1.82, 2.24) is 4.90 Å². The van der Waals surface area contributed by atoms with Crippen LogP contribution in [0.2, 0.25) is 0 Å². The highest BCUT2D eigenvalue weighted by Crippen LogP contribution is 2.34. The summed E-state index contributed by atoms with van der Waals surface area (Å²) in [4.78, 5) is 16.1. The Morgan fingerprint density at radius 2 is 2.00 bits per heavy atom. The summed E-state index contributed by atoms with van der Waals surface area (Å²) in [6.07, 6.45) is 2.60. The first-order valence-electron chi connectivity index (χ1n) is 8.84. The molecule has 4 nitrogen and oxygen atoms in total. The van der Waals surface area contributed by atoms with E-state index in [2.05, 4.69) is 48.3 Å². The molecule has 2 aromatic heterocycles. The van der Waals surface area contributed by atoms with Crippen LogP contribution in [-0.4, -0.2) is 17.4 Å². The second-order valence-corrected chi connectivity index (χ2v) is 7.98. The molecular weight excluding hydrogens is 344 g/mol. The maximum atomic E-state index is 12.4. The molecule has 0 saturated carbocycles. The molecule has 0 saturated heterocycles. The Labute approximate surface area is 157 Å². The predicted molar refractivity (Wildman–Crippen MR) is 105 cm³/mol. The number of nitrogens with one attached hydrogen (secondary N) is 1. The molecule has 134 valence electrons. The summed E-state index contributed by atoms with van der Waals surface area (Å²) in [5.74, 6) is 0.146. The molecular formula is C21H22N2O2S. The van der Waals surface area contributed by atoms with Gasteiger partial charge in [-0.1, -0.05) is 24.3 Å². The number of amides is 1. The van der Waals surface area contributed by atoms with E-state index in [1.165, 1.54) is 33.4 Å². The summed E-state index contributed by atoms with van der Waals surface area (Å²) in [6, 6.07) is 12.1. The van der Waals surface area contributed by atoms with Crippen molar-refractivity contribution in [1.29, 1.82) is 0 Å². The first-order valence-corrected chi connectivity index (χ1v) is 9.66. The number of nitrogens with zero attached hydrogens (tertiary/aromatic N) is 1. The fraction of sp³-hybridized carbons (Fsp3) is 0.286. The molecule has 0 atom stereocenters. The van der Waals surface area contributed by atoms with Gasteiger partial charge >= 0.3 is 0 Å². The predicted octanol–water partition coefficient (Wildman–Crippen LogP) is 4.77. The van der Waals surface area contributed by atoms with Crippen LogP contribution in [0.4, 0.5) is 5.00 Å². The number of rotatable bonds is 4. The maximum Gasteiger partial charge on any atom is 0.291 e. The van der Waals surface area contributed by atoms with Crippen LogP contribution in [0.15, 0.2) is 47.1 Å². The van der Waals surface area contributed by atoms with Gasteiger partial charge in [0, 0.05) is 30.1 Å². The molecule has 1 aliphatic heterocycles. The van der Waals surface area contributed by atoms with E-state index in [0.29, 0.717) is 5.76 Å². The van der Waals surface area contributed by atoms with E-state index < -0.39 is 0 Å². The van der Waals surface area contributed by atoms with Crippen LogP contribution in [-0.2, 0) is 19.5 Å². The van der Waals surface area contributed by atoms with E-state index in [-0.39, 0.29) is 5.91 Å². The van der Waals surface area contributed by atoms with Crippen LogP contribution >= 0.6 is 11.3 Å². The molecule has 0 unspecified atom stereocenters. The molecule has 1 aromatic carbocycles. The number of carbonyl (C=O) groups excluding carboxylic acids is 1. The highest BCUT2D eigenvalue weighted by Gasteiger charge is 2.21. The number of aryl methyl sites for hydroxylation is 1. The van der Waals surface area contributed by atoms with Gasteiger partial charge in [-0.25, -0.2) is 0 Å². The second kappa shape index (κ2) is 7.09. The lowest BCUT2D eigenvalue weighted by Gasteiger charge is -2.29. The lowest BCUT2D eigenvalue weighted by atomic mass is 9.99. The van der Waals surface area contributed by atoms with E-state index >= 15 is 0 Å². The highest BCUT2D eigenvalue weighted by atomic mass is 32.1. The maximum absolute atomic E-state index is 12.4. The number of fused-ring (bicyclic) bond motifs is 1. The molecule has 0 aliphatic carbocycles. The number of hydrogen-bond acceptors (Lipinski definition) is 4. The van der Waals surface area contributed by atoms with Crippen LogP contribution in [0.25, 0.3) is 0 Å². The topological polar surface area (TPSA) is 45.5 Å². The van der Waals surface area contributed by atoms with Crippen molar-refractivity contribution < 1.29 is 9.21 Å². The Morgan fingerprint density at radius 1 is 1.19 bits per heavy atom. The van der Waals surface area contributed by atoms with E-state index in [1.54, 1.807) is 23.5 Å². The van der Waals surface area contributed by atoms with Crippen molar-refractivity contribution in [3.8, 4) is 0 Å². The van der Waals surface area contributed by atoms with Crippen LogP contribution in [0.5, 0.6) is 0 Å². The molecule has 3 heterocycles. The third-order valence-electron chi connectivity index (χ3n) is 5.07. The van der Waals surface area contributed by atoms with Gasteiger partial charge in [0.05, 0.1) is 6.26 Å². The van der Waals surface area contributed by atoms with Crippen LogP contribution in [0.3, 0.4) is 0 Å². The molecule has 0 spiro atoms. The molecule has 3 aromatic rings. The summed E-state index contributed by atoms with van der Waals surface area (Å²) < 4.78 is 5.22. The van der Waals surface area contributed by atoms with Gasteiger partial charge in [-0.2, -0.15) is 0 Å². The van der Waals surface area contributed by atoms with Crippen molar-refractivity contribution in [2.24, 2.45) is 0 Å². The number of anilines is 1. The SMILES string of the molecule is Cc1sc(NC(=O)c2ccco2)c(CN2CCc3ccccc3C2)c1C. The Kier molecular flexibility index (Phi) is 4.66. The minimum atomic E-state index is -0.193. The van der Waals surface area contributed by atoms with E-state index in [4.69, 9.17) is 4.42 Å². The van der Waals surface area contributed by atoms with Crippen molar-refractivity contribution in [2.75, 3.05) is 11.9 Å². The summed E-state index contributed by atoms with van der Waals surface area (Å²) in [6.45, 7) is 7.09. The molecule has 0 fully saturated rings. The third kappa shape index (κ3) is 3.32. The first-order chi connectivity index (χ1) is 12.6. The van der Waals surface area contributed by atoms with E-state index in [9.17, 15) is 4.79 Å². The Morgan fingerprint density at radius 3 is 2.77 bits per heavy atom. The average Bonchev–Trinajstić information content (AvgIpc) is 3.27. The van der Waals surface area contributed by atoms with Crippen molar-refractivity contribution in [3.63, 3.8) is 0 Å². The number of carbonyl (C=O) groups is 1. The van der Waals surface area contributed by atoms with Crippen molar-refractivity contribution in [2.45, 2.75) is 33.4 Å². The van der Waals surface area contributed by atoms with Crippen LogP contribution < -0.4 is 5.32 Å². The van der Waals surface area contributed by atoms with Gasteiger partial charge < -0.3 is 9.73 Å². The molecule has 1 amide bonds. The Balaban J connectivity index is 1.54. The standard InChI is InChI=1S/C21H22N2O2S/c1-14-15(2)26-21(22-20(24)19-8-5-11-25-19)18(14)13-23-10-9-16-6-3-4-7-17(16)12-23/h3-8,11H,9-10,12-13H2,1-2H3,(H,22,24). The zero-order valence-corrected chi connectivity index (χ0v) is 15.9. The summed E-state index contributed by atoms with van der Waals surface area (Å²) in [5, 5.41) is 3.97. The van der Waals surface area contributed by atoms with Gasteiger partial charge in [0.25, 0.3) is 5.91 Å². The van der Waals surface area contributed by atoms with Gasteiger partial charge in [-0.15, -0.1) is 11.3 Å². The van der Waals surface area contributed by atoms with Gasteiger partial charge in [0.15, 0.2) is 5.76 Å². The zero-order chi connectivity index (χ0) is 18.1. The fourth-order valence-corrected chi connectivity index (χ4v) is 4.52. The number of furan rings is 1. The molecule has 26 heavy (non-hydrogen) atoms. The van der Waals surface area contributed by atoms with E-state index in [0.717, 1.165) is 31.1 Å². The monoisotopic (exact) mass is 366 g/mol. The third-order valence-corrected chi connectivity index (χ3v) is 6.24. The minimum absolute atomic E-state index is 0.193. The quantitative estimate of drug-likeness (QED) is 0.723. The lowest BCUT2D eigenvalue weighted by Crippen LogP contribution is -2.30. The molecule has 1 aliphatic rings. The second-order valence-electron chi connectivity index (χ2n) is 6.75. The Bertz CT molecular complexity index is 928. The van der Waals surface area contributed by atoms with Gasteiger partial charge in [0.1, 0.15) is 5.00 Å². The number of benzene rings is 1. The molecule has 5 heteroatoms. The average molecular weight is 366 g/mol. The Hall–Kier alpha value is -2.37. The van der Waals surface area contributed by atoms with Crippen LogP contribution in [0, 0.1) is 13.8 Å². The van der Waals surface area contributed by atoms with Gasteiger partial charge in [-0.3, -0.25) is 9.69 Å². The largest absolute Gasteiger partial charge is 0.459 e. The highest BCUT2D eigenvalue weighted by molar-refractivity contribution is 7.16. The summed E-state index contributed by atoms with van der Waals surface area (Å²) in [5.41, 5.74) is 5.34. The molecule has 0 radical (unpaired) electrons. The van der Waals surface area contributed by atoms with Gasteiger partial charge in [0.2, 0.25) is 0 Å². The van der Waals surface area contributed by atoms with Crippen LogP contribution in [0.1, 0.15) is 37.7 Å².